The van der Waals surface area contributed by atoms with Crippen molar-refractivity contribution in [3.05, 3.63) is 0 Å². The van der Waals surface area contributed by atoms with E-state index >= 15 is 0 Å². The van der Waals surface area contributed by atoms with Crippen molar-refractivity contribution in [2.24, 2.45) is 22.9 Å². The van der Waals surface area contributed by atoms with Gasteiger partial charge in [-0.15, -0.1) is 0 Å². The highest BCUT2D eigenvalue weighted by atomic mass is 16.7. The van der Waals surface area contributed by atoms with Crippen molar-refractivity contribution in [3.8, 4) is 0 Å². The summed E-state index contributed by atoms with van der Waals surface area (Å²) in [5, 5.41) is 34.9. The Hall–Kier alpha value is -0.480. The molecule has 1 aliphatic carbocycles. The molecule has 3 aliphatic rings. The van der Waals surface area contributed by atoms with E-state index in [9.17, 15) is 15.3 Å². The molecule has 0 bridgehead atoms. The summed E-state index contributed by atoms with van der Waals surface area (Å²) >= 11 is 0. The maximum absolute atomic E-state index is 11.0. The van der Waals surface area contributed by atoms with Gasteiger partial charge in [0.2, 0.25) is 0 Å². The van der Waals surface area contributed by atoms with Crippen molar-refractivity contribution in [2.75, 3.05) is 20.2 Å². The first-order valence-corrected chi connectivity index (χ1v) is 10.9. The molecule has 2 saturated heterocycles. The topological polar surface area (TPSA) is 214 Å². The van der Waals surface area contributed by atoms with Crippen LogP contribution in [-0.4, -0.2) is 108 Å². The number of aliphatic hydroxyl groups excluding tert-OH is 2. The van der Waals surface area contributed by atoms with E-state index in [1.54, 1.807) is 14.0 Å². The molecule has 0 aromatic rings. The Morgan fingerprint density at radius 3 is 2.19 bits per heavy atom. The molecule has 3 rings (SSSR count). The van der Waals surface area contributed by atoms with Gasteiger partial charge in [0, 0.05) is 18.6 Å². The van der Waals surface area contributed by atoms with E-state index in [0.717, 1.165) is 6.42 Å². The minimum absolute atomic E-state index is 0.0665. The molecule has 31 heavy (non-hydrogen) atoms. The van der Waals surface area contributed by atoms with Crippen molar-refractivity contribution in [2.45, 2.75) is 99.1 Å². The van der Waals surface area contributed by atoms with Gasteiger partial charge in [0.1, 0.15) is 30.0 Å². The molecule has 3 fully saturated rings. The number of aliphatic hydroxyl groups is 3. The summed E-state index contributed by atoms with van der Waals surface area (Å²) < 4.78 is 23.3. The SMILES string of the molecule is CN[C@H]1[C@H](O)[C@H](O[C@H]2[C@H](O)[C@@H](O[C@@H]3O[C@@H](CN)CC[C@@H]3N)[C@H](N)C[C@@H]2N)OC[C@@]1(C)O. The summed E-state index contributed by atoms with van der Waals surface area (Å²) in [4.78, 5) is 0. The number of hydrogen-bond acceptors (Lipinski definition) is 12. The Balaban J connectivity index is 1.68. The van der Waals surface area contributed by atoms with Gasteiger partial charge in [-0.2, -0.15) is 0 Å². The number of nitrogens with one attached hydrogen (secondary N) is 1. The van der Waals surface area contributed by atoms with E-state index in [-0.39, 0.29) is 18.8 Å². The second-order valence-corrected chi connectivity index (χ2v) is 9.15. The number of nitrogens with two attached hydrogens (primary N) is 4. The maximum atomic E-state index is 11.0. The molecule has 0 spiro atoms. The molecule has 12 N–H and O–H groups in total. The highest BCUT2D eigenvalue weighted by molar-refractivity contribution is 5.01. The molecular weight excluding hydrogens is 410 g/mol. The molecular formula is C19H39N5O7. The van der Waals surface area contributed by atoms with Gasteiger partial charge < -0.3 is 62.5 Å². The zero-order chi connectivity index (χ0) is 22.9. The number of hydrogen-bond donors (Lipinski definition) is 8. The highest BCUT2D eigenvalue weighted by Crippen LogP contribution is 2.31. The van der Waals surface area contributed by atoms with Crippen molar-refractivity contribution >= 4 is 0 Å². The van der Waals surface area contributed by atoms with Gasteiger partial charge in [0.25, 0.3) is 0 Å². The van der Waals surface area contributed by atoms with Crippen LogP contribution in [0, 0.1) is 0 Å². The van der Waals surface area contributed by atoms with E-state index < -0.39 is 60.7 Å². The molecule has 0 amide bonds. The lowest BCUT2D eigenvalue weighted by Crippen LogP contribution is -2.68. The zero-order valence-corrected chi connectivity index (χ0v) is 18.2. The predicted molar refractivity (Wildman–Crippen MR) is 110 cm³/mol. The summed E-state index contributed by atoms with van der Waals surface area (Å²) in [5.41, 5.74) is 23.0. The van der Waals surface area contributed by atoms with Gasteiger partial charge in [-0.05, 0) is 33.2 Å². The van der Waals surface area contributed by atoms with Crippen LogP contribution in [0.4, 0.5) is 0 Å². The normalized spacial score (nSPS) is 51.6. The van der Waals surface area contributed by atoms with E-state index in [0.29, 0.717) is 19.4 Å². The van der Waals surface area contributed by atoms with Crippen LogP contribution in [-0.2, 0) is 18.9 Å². The Morgan fingerprint density at radius 1 is 1.00 bits per heavy atom. The molecule has 12 nitrogen and oxygen atoms in total. The second kappa shape index (κ2) is 10.2. The largest absolute Gasteiger partial charge is 0.388 e. The van der Waals surface area contributed by atoms with Gasteiger partial charge in [-0.1, -0.05) is 0 Å². The van der Waals surface area contributed by atoms with Gasteiger partial charge in [-0.25, -0.2) is 0 Å². The van der Waals surface area contributed by atoms with Gasteiger partial charge in [0.05, 0.1) is 24.8 Å². The quantitative estimate of drug-likeness (QED) is 0.195. The summed E-state index contributed by atoms with van der Waals surface area (Å²) in [7, 11) is 1.62. The smallest absolute Gasteiger partial charge is 0.185 e. The standard InChI is InChI=1S/C19H39N5O7/c1-19(27)7-28-18(13(26)16(19)24-2)31-15-11(23)5-10(22)14(12(15)25)30-17-9(21)4-3-8(6-20)29-17/h8-18,24-27H,3-7,20-23H2,1-2H3/t8-,9+,10-,11+,12-,13+,14+,15-,16+,17+,18+,19-/m1/s1. The van der Waals surface area contributed by atoms with Gasteiger partial charge >= 0.3 is 0 Å². The maximum Gasteiger partial charge on any atom is 0.185 e. The lowest BCUT2D eigenvalue weighted by molar-refractivity contribution is -0.306. The molecule has 2 heterocycles. The zero-order valence-electron chi connectivity index (χ0n) is 18.2. The Labute approximate surface area is 182 Å². The third-order valence-electron chi connectivity index (χ3n) is 6.55. The Kier molecular flexibility index (Phi) is 8.27. The van der Waals surface area contributed by atoms with Gasteiger partial charge in [-0.3, -0.25) is 0 Å². The monoisotopic (exact) mass is 449 g/mol. The van der Waals surface area contributed by atoms with Crippen molar-refractivity contribution in [3.63, 3.8) is 0 Å². The predicted octanol–water partition coefficient (Wildman–Crippen LogP) is -3.98. The highest BCUT2D eigenvalue weighted by Gasteiger charge is 2.50. The van der Waals surface area contributed by atoms with Crippen LogP contribution in [0.1, 0.15) is 26.2 Å². The van der Waals surface area contributed by atoms with Crippen molar-refractivity contribution in [1.82, 2.24) is 5.32 Å². The van der Waals surface area contributed by atoms with Crippen molar-refractivity contribution in [1.29, 1.82) is 0 Å². The van der Waals surface area contributed by atoms with Crippen LogP contribution < -0.4 is 28.3 Å². The molecule has 2 aliphatic heterocycles. The first-order valence-electron chi connectivity index (χ1n) is 10.9. The van der Waals surface area contributed by atoms with Crippen LogP contribution in [0.15, 0.2) is 0 Å². The van der Waals surface area contributed by atoms with Crippen LogP contribution in [0.3, 0.4) is 0 Å². The van der Waals surface area contributed by atoms with Gasteiger partial charge in [0.15, 0.2) is 12.6 Å². The fraction of sp³-hybridized carbons (Fsp3) is 1.00. The summed E-state index contributed by atoms with van der Waals surface area (Å²) in [6.45, 7) is 1.83. The van der Waals surface area contributed by atoms with Crippen molar-refractivity contribution < 1.29 is 34.3 Å². The third-order valence-corrected chi connectivity index (χ3v) is 6.55. The summed E-state index contributed by atoms with van der Waals surface area (Å²) in [5.74, 6) is 0. The fourth-order valence-corrected chi connectivity index (χ4v) is 4.69. The molecule has 12 atom stereocenters. The summed E-state index contributed by atoms with van der Waals surface area (Å²) in [6, 6.07) is -2.26. The number of ether oxygens (including phenoxy) is 4. The van der Waals surface area contributed by atoms with Crippen LogP contribution in [0.25, 0.3) is 0 Å². The second-order valence-electron chi connectivity index (χ2n) is 9.15. The lowest BCUT2D eigenvalue weighted by atomic mass is 9.84. The average Bonchev–Trinajstić information content (AvgIpc) is 2.71. The first-order chi connectivity index (χ1) is 14.6. The molecule has 1 saturated carbocycles. The van der Waals surface area contributed by atoms with Crippen LogP contribution >= 0.6 is 0 Å². The van der Waals surface area contributed by atoms with Crippen LogP contribution in [0.5, 0.6) is 0 Å². The van der Waals surface area contributed by atoms with Crippen LogP contribution in [0.2, 0.25) is 0 Å². The van der Waals surface area contributed by atoms with E-state index in [1.807, 2.05) is 0 Å². The molecule has 182 valence electrons. The fourth-order valence-electron chi connectivity index (χ4n) is 4.69. The third kappa shape index (κ3) is 5.37. The molecule has 0 radical (unpaired) electrons. The van der Waals surface area contributed by atoms with E-state index in [4.69, 9.17) is 41.9 Å². The molecule has 0 aromatic heterocycles. The number of likely N-dealkylation sites (N-methyl/N-ethyl adjacent to an activating group) is 1. The Bertz CT molecular complexity index is 588. The lowest BCUT2D eigenvalue weighted by Gasteiger charge is -2.48. The molecule has 0 aromatic carbocycles. The van der Waals surface area contributed by atoms with E-state index in [1.165, 1.54) is 0 Å². The minimum atomic E-state index is -1.29. The average molecular weight is 450 g/mol. The minimum Gasteiger partial charge on any atom is -0.388 e. The molecule has 12 heteroatoms. The Morgan fingerprint density at radius 2 is 1.61 bits per heavy atom. The molecule has 0 unspecified atom stereocenters. The number of rotatable bonds is 6. The first kappa shape index (κ1) is 25.1. The summed E-state index contributed by atoms with van der Waals surface area (Å²) in [6.07, 6.45) is -4.48. The van der Waals surface area contributed by atoms with E-state index in [2.05, 4.69) is 5.32 Å².